The summed E-state index contributed by atoms with van der Waals surface area (Å²) in [6.45, 7) is 5.34. The van der Waals surface area contributed by atoms with Crippen LogP contribution in [0.5, 0.6) is 0 Å². The van der Waals surface area contributed by atoms with Crippen LogP contribution < -0.4 is 11.1 Å². The number of amides is 1. The highest BCUT2D eigenvalue weighted by atomic mass is 16.5. The number of carbonyl (C=O) groups is 1. The molecule has 1 aromatic heterocycles. The minimum atomic E-state index is -0.218. The zero-order chi connectivity index (χ0) is 12.7. The monoisotopic (exact) mass is 240 g/mol. The van der Waals surface area contributed by atoms with E-state index in [2.05, 4.69) is 15.5 Å². The van der Waals surface area contributed by atoms with Crippen LogP contribution in [0.1, 0.15) is 37.2 Å². The summed E-state index contributed by atoms with van der Waals surface area (Å²) in [6, 6.07) is 0. The average molecular weight is 240 g/mol. The van der Waals surface area contributed by atoms with E-state index in [0.29, 0.717) is 17.9 Å². The van der Waals surface area contributed by atoms with Gasteiger partial charge in [-0.3, -0.25) is 9.89 Å². The van der Waals surface area contributed by atoms with E-state index in [4.69, 9.17) is 10.5 Å². The smallest absolute Gasteiger partial charge is 0.271 e. The summed E-state index contributed by atoms with van der Waals surface area (Å²) in [7, 11) is 0. The van der Waals surface area contributed by atoms with Crippen molar-refractivity contribution in [3.63, 3.8) is 0 Å². The molecule has 1 rings (SSSR count). The van der Waals surface area contributed by atoms with Gasteiger partial charge < -0.3 is 15.8 Å². The molecule has 0 aliphatic rings. The van der Waals surface area contributed by atoms with Gasteiger partial charge in [0, 0.05) is 13.2 Å². The van der Waals surface area contributed by atoms with E-state index in [1.807, 2.05) is 13.8 Å². The molecule has 0 bridgehead atoms. The molecule has 6 heteroatoms. The maximum absolute atomic E-state index is 11.6. The highest BCUT2D eigenvalue weighted by molar-refractivity contribution is 5.96. The second-order valence-electron chi connectivity index (χ2n) is 4.08. The topological polar surface area (TPSA) is 93.0 Å². The summed E-state index contributed by atoms with van der Waals surface area (Å²) >= 11 is 0. The van der Waals surface area contributed by atoms with Gasteiger partial charge in [-0.25, -0.2) is 0 Å². The Labute approximate surface area is 101 Å². The van der Waals surface area contributed by atoms with Gasteiger partial charge in [0.1, 0.15) is 5.69 Å². The number of hydrogen-bond acceptors (Lipinski definition) is 4. The number of unbranched alkanes of at least 4 members (excludes halogenated alkanes) is 1. The highest BCUT2D eigenvalue weighted by Gasteiger charge is 2.10. The molecule has 0 radical (unpaired) electrons. The van der Waals surface area contributed by atoms with Crippen LogP contribution in [0.4, 0.5) is 5.69 Å². The van der Waals surface area contributed by atoms with E-state index >= 15 is 0 Å². The number of rotatable bonds is 7. The van der Waals surface area contributed by atoms with Crippen molar-refractivity contribution >= 4 is 11.6 Å². The number of aromatic amines is 1. The zero-order valence-electron chi connectivity index (χ0n) is 10.3. The molecule has 1 amide bonds. The number of nitrogens with zero attached hydrogens (tertiary/aromatic N) is 1. The fraction of sp³-hybridized carbons (Fsp3) is 0.636. The van der Waals surface area contributed by atoms with Gasteiger partial charge in [-0.1, -0.05) is 0 Å². The Morgan fingerprint density at radius 1 is 1.59 bits per heavy atom. The molecule has 0 atom stereocenters. The van der Waals surface area contributed by atoms with Crippen molar-refractivity contribution in [3.8, 4) is 0 Å². The molecule has 0 spiro atoms. The van der Waals surface area contributed by atoms with E-state index < -0.39 is 0 Å². The number of anilines is 1. The second-order valence-corrected chi connectivity index (χ2v) is 4.08. The zero-order valence-corrected chi connectivity index (χ0v) is 10.3. The van der Waals surface area contributed by atoms with E-state index in [9.17, 15) is 4.79 Å². The van der Waals surface area contributed by atoms with Crippen molar-refractivity contribution in [2.75, 3.05) is 18.9 Å². The Morgan fingerprint density at radius 2 is 2.35 bits per heavy atom. The molecule has 0 saturated carbocycles. The number of nitrogen functional groups attached to an aromatic ring is 1. The molecule has 0 unspecified atom stereocenters. The van der Waals surface area contributed by atoms with Crippen molar-refractivity contribution in [2.45, 2.75) is 32.8 Å². The van der Waals surface area contributed by atoms with Crippen LogP contribution in [-0.2, 0) is 4.74 Å². The van der Waals surface area contributed by atoms with Crippen LogP contribution in [0.3, 0.4) is 0 Å². The Hall–Kier alpha value is -1.56. The summed E-state index contributed by atoms with van der Waals surface area (Å²) in [5.74, 6) is -0.218. The summed E-state index contributed by atoms with van der Waals surface area (Å²) < 4.78 is 5.39. The SMILES string of the molecule is CC(C)OCCCCNC(=O)c1[nH]ncc1N. The van der Waals surface area contributed by atoms with Crippen LogP contribution in [0.25, 0.3) is 0 Å². The average Bonchev–Trinajstić information content (AvgIpc) is 2.69. The summed E-state index contributed by atoms with van der Waals surface area (Å²) in [5, 5.41) is 9.02. The Bertz CT molecular complexity index is 349. The lowest BCUT2D eigenvalue weighted by Crippen LogP contribution is -2.25. The first-order valence-corrected chi connectivity index (χ1v) is 5.80. The van der Waals surface area contributed by atoms with Gasteiger partial charge in [-0.15, -0.1) is 0 Å². The van der Waals surface area contributed by atoms with E-state index in [1.54, 1.807) is 0 Å². The minimum Gasteiger partial charge on any atom is -0.396 e. The van der Waals surface area contributed by atoms with Gasteiger partial charge >= 0.3 is 0 Å². The van der Waals surface area contributed by atoms with Gasteiger partial charge in [0.15, 0.2) is 0 Å². The minimum absolute atomic E-state index is 0.218. The van der Waals surface area contributed by atoms with Crippen LogP contribution in [0.15, 0.2) is 6.20 Å². The fourth-order valence-electron chi connectivity index (χ4n) is 1.31. The molecular weight excluding hydrogens is 220 g/mol. The molecule has 17 heavy (non-hydrogen) atoms. The largest absolute Gasteiger partial charge is 0.396 e. The van der Waals surface area contributed by atoms with E-state index in [1.165, 1.54) is 6.20 Å². The molecular formula is C11H20N4O2. The molecule has 0 fully saturated rings. The van der Waals surface area contributed by atoms with Gasteiger partial charge in [-0.05, 0) is 26.7 Å². The number of aromatic nitrogens is 2. The van der Waals surface area contributed by atoms with Crippen LogP contribution in [-0.4, -0.2) is 35.4 Å². The van der Waals surface area contributed by atoms with Gasteiger partial charge in [0.2, 0.25) is 0 Å². The molecule has 4 N–H and O–H groups in total. The first kappa shape index (κ1) is 13.5. The normalized spacial score (nSPS) is 10.8. The molecule has 96 valence electrons. The number of H-pyrrole nitrogens is 1. The van der Waals surface area contributed by atoms with Crippen LogP contribution in [0, 0.1) is 0 Å². The maximum atomic E-state index is 11.6. The quantitative estimate of drug-likeness (QED) is 0.618. The van der Waals surface area contributed by atoms with Crippen molar-refractivity contribution < 1.29 is 9.53 Å². The number of nitrogens with two attached hydrogens (primary N) is 1. The summed E-state index contributed by atoms with van der Waals surface area (Å²) in [4.78, 5) is 11.6. The molecule has 0 aliphatic carbocycles. The summed E-state index contributed by atoms with van der Waals surface area (Å²) in [5.41, 5.74) is 6.24. The molecule has 0 saturated heterocycles. The lowest BCUT2D eigenvalue weighted by Gasteiger charge is -2.07. The predicted molar refractivity (Wildman–Crippen MR) is 65.7 cm³/mol. The van der Waals surface area contributed by atoms with Crippen molar-refractivity contribution in [2.24, 2.45) is 0 Å². The Kier molecular flexibility index (Phi) is 5.48. The molecule has 0 aliphatic heterocycles. The lowest BCUT2D eigenvalue weighted by molar-refractivity contribution is 0.0754. The fourth-order valence-corrected chi connectivity index (χ4v) is 1.31. The van der Waals surface area contributed by atoms with E-state index in [0.717, 1.165) is 19.4 Å². The van der Waals surface area contributed by atoms with E-state index in [-0.39, 0.29) is 12.0 Å². The molecule has 1 heterocycles. The Balaban J connectivity index is 2.11. The first-order valence-electron chi connectivity index (χ1n) is 5.80. The highest BCUT2D eigenvalue weighted by Crippen LogP contribution is 2.05. The van der Waals surface area contributed by atoms with Crippen molar-refractivity contribution in [1.82, 2.24) is 15.5 Å². The second kappa shape index (κ2) is 6.90. The first-order chi connectivity index (χ1) is 8.11. The molecule has 0 aromatic carbocycles. The number of hydrogen-bond donors (Lipinski definition) is 3. The molecule has 6 nitrogen and oxygen atoms in total. The van der Waals surface area contributed by atoms with Gasteiger partial charge in [0.05, 0.1) is 18.0 Å². The number of nitrogens with one attached hydrogen (secondary N) is 2. The standard InChI is InChI=1S/C11H20N4O2/c1-8(2)17-6-4-3-5-13-11(16)10-9(12)7-14-15-10/h7-8H,3-6,12H2,1-2H3,(H,13,16)(H,14,15). The van der Waals surface area contributed by atoms with Crippen molar-refractivity contribution in [1.29, 1.82) is 0 Å². The third kappa shape index (κ3) is 4.86. The predicted octanol–water partition coefficient (Wildman–Crippen LogP) is 0.927. The third-order valence-corrected chi connectivity index (χ3v) is 2.20. The van der Waals surface area contributed by atoms with Crippen molar-refractivity contribution in [3.05, 3.63) is 11.9 Å². The number of ether oxygens (including phenoxy) is 1. The third-order valence-electron chi connectivity index (χ3n) is 2.20. The number of carbonyl (C=O) groups excluding carboxylic acids is 1. The van der Waals surface area contributed by atoms with Gasteiger partial charge in [-0.2, -0.15) is 5.10 Å². The summed E-state index contributed by atoms with van der Waals surface area (Å²) in [6.07, 6.45) is 3.49. The molecule has 1 aromatic rings. The maximum Gasteiger partial charge on any atom is 0.271 e. The van der Waals surface area contributed by atoms with Crippen LogP contribution >= 0.6 is 0 Å². The van der Waals surface area contributed by atoms with Gasteiger partial charge in [0.25, 0.3) is 5.91 Å². The van der Waals surface area contributed by atoms with Crippen LogP contribution in [0.2, 0.25) is 0 Å². The Morgan fingerprint density at radius 3 is 2.94 bits per heavy atom. The lowest BCUT2D eigenvalue weighted by atomic mass is 10.3.